The first-order valence-corrected chi connectivity index (χ1v) is 7.55. The Morgan fingerprint density at radius 1 is 1.19 bits per heavy atom. The third-order valence-electron chi connectivity index (χ3n) is 4.13. The van der Waals surface area contributed by atoms with Crippen molar-refractivity contribution in [3.8, 4) is 0 Å². The highest BCUT2D eigenvalue weighted by molar-refractivity contribution is 5.40. The largest absolute Gasteiger partial charge is 0.433 e. The van der Waals surface area contributed by atoms with Crippen LogP contribution in [0.4, 0.5) is 19.0 Å². The Labute approximate surface area is 122 Å². The summed E-state index contributed by atoms with van der Waals surface area (Å²) in [5, 5.41) is 3.40. The number of alkyl halides is 3. The van der Waals surface area contributed by atoms with E-state index in [1.54, 1.807) is 6.07 Å². The summed E-state index contributed by atoms with van der Waals surface area (Å²) in [6, 6.07) is 4.53. The van der Waals surface area contributed by atoms with Gasteiger partial charge < -0.3 is 10.2 Å². The average molecular weight is 299 g/mol. The molecule has 6 heteroatoms. The zero-order chi connectivity index (χ0) is 14.9. The van der Waals surface area contributed by atoms with Gasteiger partial charge in [0.1, 0.15) is 11.5 Å². The molecule has 1 N–H and O–H groups in total. The van der Waals surface area contributed by atoms with E-state index in [0.29, 0.717) is 17.8 Å². The van der Waals surface area contributed by atoms with Crippen LogP contribution in [0.15, 0.2) is 18.2 Å². The molecule has 2 heterocycles. The lowest BCUT2D eigenvalue weighted by atomic mass is 10.2. The summed E-state index contributed by atoms with van der Waals surface area (Å²) in [5.74, 6) is 1.06. The molecule has 1 saturated carbocycles. The molecule has 1 aromatic heterocycles. The van der Waals surface area contributed by atoms with Gasteiger partial charge in [-0.05, 0) is 50.3 Å². The highest BCUT2D eigenvalue weighted by Crippen LogP contribution is 2.33. The van der Waals surface area contributed by atoms with Gasteiger partial charge in [0.2, 0.25) is 0 Å². The van der Waals surface area contributed by atoms with Crippen LogP contribution in [0.1, 0.15) is 31.4 Å². The predicted molar refractivity (Wildman–Crippen MR) is 75.2 cm³/mol. The van der Waals surface area contributed by atoms with Gasteiger partial charge in [0.15, 0.2) is 0 Å². The van der Waals surface area contributed by atoms with E-state index in [1.807, 2.05) is 4.90 Å². The minimum absolute atomic E-state index is 0.361. The van der Waals surface area contributed by atoms with Crippen molar-refractivity contribution in [3.05, 3.63) is 23.9 Å². The molecular weight excluding hydrogens is 279 g/mol. The van der Waals surface area contributed by atoms with Crippen molar-refractivity contribution in [3.63, 3.8) is 0 Å². The van der Waals surface area contributed by atoms with Crippen LogP contribution in [0.3, 0.4) is 0 Å². The van der Waals surface area contributed by atoms with E-state index in [4.69, 9.17) is 0 Å². The number of anilines is 1. The average Bonchev–Trinajstić information content (AvgIpc) is 3.11. The zero-order valence-electron chi connectivity index (χ0n) is 11.9. The first-order chi connectivity index (χ1) is 10.0. The fraction of sp³-hybridized carbons (Fsp3) is 0.667. The van der Waals surface area contributed by atoms with Crippen molar-refractivity contribution >= 4 is 5.82 Å². The summed E-state index contributed by atoms with van der Waals surface area (Å²) < 4.78 is 38.5. The van der Waals surface area contributed by atoms with Gasteiger partial charge in [0, 0.05) is 19.1 Å². The fourth-order valence-corrected chi connectivity index (χ4v) is 2.81. The van der Waals surface area contributed by atoms with Crippen LogP contribution in [0.2, 0.25) is 0 Å². The summed E-state index contributed by atoms with van der Waals surface area (Å²) in [4.78, 5) is 5.86. The molecule has 0 radical (unpaired) electrons. The third kappa shape index (κ3) is 3.87. The molecule has 1 aliphatic carbocycles. The number of nitrogens with zero attached hydrogens (tertiary/aromatic N) is 2. The first-order valence-electron chi connectivity index (χ1n) is 7.55. The second-order valence-electron chi connectivity index (χ2n) is 6.02. The molecule has 1 saturated heterocycles. The van der Waals surface area contributed by atoms with Crippen LogP contribution >= 0.6 is 0 Å². The SMILES string of the molecule is FC(F)(F)c1cccc(N(CC2CC2)CC2CCCN2)n1. The van der Waals surface area contributed by atoms with Gasteiger partial charge in [0.25, 0.3) is 0 Å². The van der Waals surface area contributed by atoms with Crippen molar-refractivity contribution in [2.45, 2.75) is 37.9 Å². The number of hydrogen-bond acceptors (Lipinski definition) is 3. The molecule has 1 unspecified atom stereocenters. The van der Waals surface area contributed by atoms with Crippen molar-refractivity contribution in [2.75, 3.05) is 24.5 Å². The molecule has 3 nitrogen and oxygen atoms in total. The van der Waals surface area contributed by atoms with Gasteiger partial charge in [0.05, 0.1) is 0 Å². The monoisotopic (exact) mass is 299 g/mol. The lowest BCUT2D eigenvalue weighted by molar-refractivity contribution is -0.141. The predicted octanol–water partition coefficient (Wildman–Crippen LogP) is 3.07. The second-order valence-corrected chi connectivity index (χ2v) is 6.02. The van der Waals surface area contributed by atoms with Gasteiger partial charge in [-0.25, -0.2) is 4.98 Å². The molecule has 0 amide bonds. The molecule has 0 bridgehead atoms. The summed E-state index contributed by atoms with van der Waals surface area (Å²) in [6.45, 7) is 2.55. The fourth-order valence-electron chi connectivity index (χ4n) is 2.81. The number of pyridine rings is 1. The number of rotatable bonds is 5. The molecule has 3 rings (SSSR count). The topological polar surface area (TPSA) is 28.2 Å². The van der Waals surface area contributed by atoms with E-state index in [2.05, 4.69) is 10.3 Å². The standard InChI is InChI=1S/C15H20F3N3/c16-15(17,18)13-4-1-5-14(20-13)21(9-11-6-7-11)10-12-3-2-8-19-12/h1,4-5,11-12,19H,2-3,6-10H2. The molecule has 1 aliphatic heterocycles. The minimum Gasteiger partial charge on any atom is -0.355 e. The molecule has 0 spiro atoms. The van der Waals surface area contributed by atoms with Crippen molar-refractivity contribution < 1.29 is 13.2 Å². The molecule has 1 aromatic rings. The van der Waals surface area contributed by atoms with E-state index >= 15 is 0 Å². The third-order valence-corrected chi connectivity index (χ3v) is 4.13. The maximum absolute atomic E-state index is 12.8. The Hall–Kier alpha value is -1.30. The maximum Gasteiger partial charge on any atom is 0.433 e. The number of aromatic nitrogens is 1. The zero-order valence-corrected chi connectivity index (χ0v) is 11.9. The van der Waals surface area contributed by atoms with Crippen molar-refractivity contribution in [2.24, 2.45) is 5.92 Å². The summed E-state index contributed by atoms with van der Waals surface area (Å²) in [6.07, 6.45) is 0.187. The Kier molecular flexibility index (Phi) is 4.06. The Balaban J connectivity index is 1.77. The Bertz CT molecular complexity index is 479. The van der Waals surface area contributed by atoms with Gasteiger partial charge in [-0.2, -0.15) is 13.2 Å². The molecular formula is C15H20F3N3. The van der Waals surface area contributed by atoms with E-state index in [1.165, 1.54) is 18.9 Å². The van der Waals surface area contributed by atoms with Gasteiger partial charge >= 0.3 is 6.18 Å². The summed E-state index contributed by atoms with van der Waals surface area (Å²) >= 11 is 0. The number of nitrogens with one attached hydrogen (secondary N) is 1. The van der Waals surface area contributed by atoms with Crippen LogP contribution in [0.5, 0.6) is 0 Å². The summed E-state index contributed by atoms with van der Waals surface area (Å²) in [5.41, 5.74) is -0.805. The Morgan fingerprint density at radius 3 is 2.62 bits per heavy atom. The maximum atomic E-state index is 12.8. The van der Waals surface area contributed by atoms with Crippen molar-refractivity contribution in [1.29, 1.82) is 0 Å². The number of hydrogen-bond donors (Lipinski definition) is 1. The van der Waals surface area contributed by atoms with E-state index in [0.717, 1.165) is 38.5 Å². The van der Waals surface area contributed by atoms with E-state index < -0.39 is 11.9 Å². The molecule has 116 valence electrons. The van der Waals surface area contributed by atoms with Crippen LogP contribution < -0.4 is 10.2 Å². The molecule has 0 aromatic carbocycles. The summed E-state index contributed by atoms with van der Waals surface area (Å²) in [7, 11) is 0. The smallest absolute Gasteiger partial charge is 0.355 e. The Morgan fingerprint density at radius 2 is 2.00 bits per heavy atom. The van der Waals surface area contributed by atoms with Crippen LogP contribution in [0.25, 0.3) is 0 Å². The molecule has 1 atom stereocenters. The van der Waals surface area contributed by atoms with Crippen LogP contribution in [-0.2, 0) is 6.18 Å². The van der Waals surface area contributed by atoms with Gasteiger partial charge in [-0.3, -0.25) is 0 Å². The molecule has 2 aliphatic rings. The highest BCUT2D eigenvalue weighted by Gasteiger charge is 2.33. The van der Waals surface area contributed by atoms with Crippen molar-refractivity contribution in [1.82, 2.24) is 10.3 Å². The highest BCUT2D eigenvalue weighted by atomic mass is 19.4. The normalized spacial score (nSPS) is 22.5. The lowest BCUT2D eigenvalue weighted by Crippen LogP contribution is -2.39. The van der Waals surface area contributed by atoms with Crippen LogP contribution in [0, 0.1) is 5.92 Å². The lowest BCUT2D eigenvalue weighted by Gasteiger charge is -2.27. The minimum atomic E-state index is -4.38. The number of halogens is 3. The quantitative estimate of drug-likeness (QED) is 0.905. The van der Waals surface area contributed by atoms with Crippen LogP contribution in [-0.4, -0.2) is 30.7 Å². The van der Waals surface area contributed by atoms with Gasteiger partial charge in [-0.1, -0.05) is 6.07 Å². The van der Waals surface area contributed by atoms with Gasteiger partial charge in [-0.15, -0.1) is 0 Å². The van der Waals surface area contributed by atoms with E-state index in [9.17, 15) is 13.2 Å². The van der Waals surface area contributed by atoms with E-state index in [-0.39, 0.29) is 0 Å². The first kappa shape index (κ1) is 14.6. The second kappa shape index (κ2) is 5.83. The molecule has 2 fully saturated rings. The molecule has 21 heavy (non-hydrogen) atoms.